The number of fused-ring (bicyclic) bond motifs is 1. The monoisotopic (exact) mass is 443 g/mol. The maximum absolute atomic E-state index is 10.2. The van der Waals surface area contributed by atoms with Gasteiger partial charge in [0.2, 0.25) is 0 Å². The second-order valence-electron chi connectivity index (χ2n) is 11.4. The number of hydrogen-bond acceptors (Lipinski definition) is 4. The van der Waals surface area contributed by atoms with Crippen molar-refractivity contribution in [2.45, 2.75) is 90.4 Å². The molecule has 0 bridgehead atoms. The molecule has 0 aromatic heterocycles. The molecule has 3 aliphatic carbocycles. The highest BCUT2D eigenvalue weighted by Gasteiger charge is 2.50. The van der Waals surface area contributed by atoms with Gasteiger partial charge in [0.1, 0.15) is 0 Å². The van der Waals surface area contributed by atoms with Gasteiger partial charge in [0, 0.05) is 19.5 Å². The predicted octanol–water partition coefficient (Wildman–Crippen LogP) is 4.87. The van der Waals surface area contributed by atoms with Crippen LogP contribution in [0.15, 0.2) is 35.5 Å². The SMILES string of the molecule is C=C1/C(=C\C=C2/CCC[C@]3(C)[C@@H](C(C)CCN4CCO[C@@H](C)C4)CC[C@@H]23)C[C@@H](O)C[C@H]1O. The van der Waals surface area contributed by atoms with Gasteiger partial charge < -0.3 is 14.9 Å². The summed E-state index contributed by atoms with van der Waals surface area (Å²) in [5.74, 6) is 2.23. The molecule has 4 heteroatoms. The van der Waals surface area contributed by atoms with Crippen LogP contribution in [0.4, 0.5) is 0 Å². The van der Waals surface area contributed by atoms with Crippen molar-refractivity contribution in [2.75, 3.05) is 26.2 Å². The molecule has 7 atom stereocenters. The van der Waals surface area contributed by atoms with Crippen LogP contribution >= 0.6 is 0 Å². The summed E-state index contributed by atoms with van der Waals surface area (Å²) in [5.41, 5.74) is 3.81. The summed E-state index contributed by atoms with van der Waals surface area (Å²) >= 11 is 0. The Hall–Kier alpha value is -0.940. The first-order valence-electron chi connectivity index (χ1n) is 13.1. The molecule has 1 aliphatic heterocycles. The Morgan fingerprint density at radius 1 is 1.28 bits per heavy atom. The number of allylic oxidation sites excluding steroid dienone is 3. The van der Waals surface area contributed by atoms with E-state index in [9.17, 15) is 10.2 Å². The van der Waals surface area contributed by atoms with Gasteiger partial charge in [-0.15, -0.1) is 0 Å². The first-order chi connectivity index (χ1) is 15.3. The highest BCUT2D eigenvalue weighted by Crippen LogP contribution is 2.59. The number of aliphatic hydroxyl groups excluding tert-OH is 2. The summed E-state index contributed by atoms with van der Waals surface area (Å²) in [7, 11) is 0. The lowest BCUT2D eigenvalue weighted by Gasteiger charge is -2.44. The summed E-state index contributed by atoms with van der Waals surface area (Å²) in [5, 5.41) is 20.2. The fraction of sp³-hybridized carbons (Fsp3) is 0.786. The molecule has 1 saturated heterocycles. The van der Waals surface area contributed by atoms with E-state index >= 15 is 0 Å². The van der Waals surface area contributed by atoms with Gasteiger partial charge in [0.15, 0.2) is 0 Å². The van der Waals surface area contributed by atoms with E-state index in [-0.39, 0.29) is 0 Å². The highest BCUT2D eigenvalue weighted by atomic mass is 16.5. The Bertz CT molecular complexity index is 743. The first-order valence-corrected chi connectivity index (χ1v) is 13.1. The molecule has 3 saturated carbocycles. The Labute approximate surface area is 195 Å². The van der Waals surface area contributed by atoms with Gasteiger partial charge in [-0.25, -0.2) is 0 Å². The highest BCUT2D eigenvalue weighted by molar-refractivity contribution is 5.38. The zero-order valence-corrected chi connectivity index (χ0v) is 20.6. The summed E-state index contributed by atoms with van der Waals surface area (Å²) in [6.45, 7) is 15.6. The van der Waals surface area contributed by atoms with Crippen molar-refractivity contribution >= 4 is 0 Å². The predicted molar refractivity (Wildman–Crippen MR) is 130 cm³/mol. The number of morpholine rings is 1. The van der Waals surface area contributed by atoms with E-state index in [2.05, 4.69) is 44.4 Å². The molecule has 32 heavy (non-hydrogen) atoms. The van der Waals surface area contributed by atoms with Crippen LogP contribution in [0, 0.1) is 23.2 Å². The smallest absolute Gasteiger partial charge is 0.0811 e. The van der Waals surface area contributed by atoms with Gasteiger partial charge in [-0.3, -0.25) is 4.90 Å². The molecule has 0 amide bonds. The van der Waals surface area contributed by atoms with Crippen LogP contribution in [0.5, 0.6) is 0 Å². The molecule has 4 rings (SSSR count). The van der Waals surface area contributed by atoms with E-state index in [4.69, 9.17) is 4.74 Å². The van der Waals surface area contributed by atoms with Gasteiger partial charge >= 0.3 is 0 Å². The van der Waals surface area contributed by atoms with E-state index in [1.54, 1.807) is 5.57 Å². The van der Waals surface area contributed by atoms with Gasteiger partial charge in [0.25, 0.3) is 0 Å². The molecular weight excluding hydrogens is 398 g/mol. The van der Waals surface area contributed by atoms with Crippen molar-refractivity contribution < 1.29 is 14.9 Å². The molecule has 1 heterocycles. The van der Waals surface area contributed by atoms with Gasteiger partial charge in [-0.2, -0.15) is 0 Å². The lowest BCUT2D eigenvalue weighted by atomic mass is 9.61. The van der Waals surface area contributed by atoms with Crippen molar-refractivity contribution in [1.82, 2.24) is 4.90 Å². The maximum Gasteiger partial charge on any atom is 0.0811 e. The average Bonchev–Trinajstić information content (AvgIpc) is 3.11. The maximum atomic E-state index is 10.2. The summed E-state index contributed by atoms with van der Waals surface area (Å²) in [6.07, 6.45) is 12.6. The minimum absolute atomic E-state index is 0.370. The molecule has 1 unspecified atom stereocenters. The molecule has 4 aliphatic rings. The average molecular weight is 444 g/mol. The van der Waals surface area contributed by atoms with Gasteiger partial charge in [-0.05, 0) is 92.7 Å². The molecular formula is C28H45NO3. The fourth-order valence-electron chi connectivity index (χ4n) is 7.36. The van der Waals surface area contributed by atoms with Crippen molar-refractivity contribution in [2.24, 2.45) is 23.2 Å². The molecule has 4 fully saturated rings. The van der Waals surface area contributed by atoms with E-state index in [0.29, 0.717) is 30.3 Å². The number of ether oxygens (including phenoxy) is 1. The Kier molecular flexibility index (Phi) is 7.66. The number of hydrogen-bond donors (Lipinski definition) is 2. The van der Waals surface area contributed by atoms with Crippen LogP contribution in [0.3, 0.4) is 0 Å². The quantitative estimate of drug-likeness (QED) is 0.636. The van der Waals surface area contributed by atoms with Crippen LogP contribution in [-0.2, 0) is 4.74 Å². The third-order valence-electron chi connectivity index (χ3n) is 9.21. The topological polar surface area (TPSA) is 52.9 Å². The normalized spacial score (nSPS) is 42.4. The minimum Gasteiger partial charge on any atom is -0.393 e. The van der Waals surface area contributed by atoms with E-state index in [1.165, 1.54) is 45.1 Å². The number of nitrogens with zero attached hydrogens (tertiary/aromatic N) is 1. The van der Waals surface area contributed by atoms with Gasteiger partial charge in [0.05, 0.1) is 24.9 Å². The van der Waals surface area contributed by atoms with E-state index < -0.39 is 12.2 Å². The van der Waals surface area contributed by atoms with E-state index in [1.807, 2.05) is 0 Å². The summed E-state index contributed by atoms with van der Waals surface area (Å²) < 4.78 is 5.71. The van der Waals surface area contributed by atoms with Crippen molar-refractivity contribution in [3.8, 4) is 0 Å². The summed E-state index contributed by atoms with van der Waals surface area (Å²) in [4.78, 5) is 2.59. The third-order valence-corrected chi connectivity index (χ3v) is 9.21. The van der Waals surface area contributed by atoms with Gasteiger partial charge in [-0.1, -0.05) is 38.2 Å². The standard InChI is InChI=1S/C28H45NO3/c1-19(11-13-29-14-15-32-20(2)18-29)25-9-10-26-22(6-5-12-28(25,26)4)7-8-23-16-24(30)17-27(31)21(23)3/h7-8,19-20,24-27,30-31H,3,5-6,9-18H2,1-2,4H3/b22-7+,23-8-/t19?,20-,24+,25+,26-,27+,28+/m0/s1. The number of rotatable bonds is 5. The third kappa shape index (κ3) is 5.09. The van der Waals surface area contributed by atoms with Crippen LogP contribution in [0.25, 0.3) is 0 Å². The lowest BCUT2D eigenvalue weighted by Crippen LogP contribution is -2.42. The van der Waals surface area contributed by atoms with E-state index in [0.717, 1.165) is 42.7 Å². The summed E-state index contributed by atoms with van der Waals surface area (Å²) in [6, 6.07) is 0. The Morgan fingerprint density at radius 3 is 2.88 bits per heavy atom. The van der Waals surface area contributed by atoms with Crippen LogP contribution < -0.4 is 0 Å². The zero-order valence-electron chi connectivity index (χ0n) is 20.6. The lowest BCUT2D eigenvalue weighted by molar-refractivity contribution is -0.0216. The largest absolute Gasteiger partial charge is 0.393 e. The zero-order chi connectivity index (χ0) is 22.9. The minimum atomic E-state index is -0.605. The Morgan fingerprint density at radius 2 is 2.09 bits per heavy atom. The fourth-order valence-corrected chi connectivity index (χ4v) is 7.36. The second kappa shape index (κ2) is 10.1. The second-order valence-corrected chi connectivity index (χ2v) is 11.4. The van der Waals surface area contributed by atoms with Crippen LogP contribution in [-0.4, -0.2) is 59.7 Å². The molecule has 0 radical (unpaired) electrons. The molecule has 0 spiro atoms. The number of aliphatic hydroxyl groups is 2. The Balaban J connectivity index is 1.41. The molecule has 4 nitrogen and oxygen atoms in total. The molecule has 0 aromatic rings. The molecule has 2 N–H and O–H groups in total. The van der Waals surface area contributed by atoms with Crippen LogP contribution in [0.1, 0.15) is 72.1 Å². The van der Waals surface area contributed by atoms with Crippen molar-refractivity contribution in [3.05, 3.63) is 35.5 Å². The van der Waals surface area contributed by atoms with Crippen molar-refractivity contribution in [3.63, 3.8) is 0 Å². The van der Waals surface area contributed by atoms with Crippen molar-refractivity contribution in [1.29, 1.82) is 0 Å². The molecule has 0 aromatic carbocycles. The van der Waals surface area contributed by atoms with Crippen LogP contribution in [0.2, 0.25) is 0 Å². The first kappa shape index (κ1) is 24.2. The molecule has 180 valence electrons.